The lowest BCUT2D eigenvalue weighted by molar-refractivity contribution is -0.118. The van der Waals surface area contributed by atoms with E-state index in [0.717, 1.165) is 5.56 Å². The zero-order chi connectivity index (χ0) is 23.8. The molecule has 0 heterocycles. The molecule has 7 heteroatoms. The van der Waals surface area contributed by atoms with Crippen molar-refractivity contribution in [2.24, 2.45) is 5.92 Å². The number of anilines is 3. The van der Waals surface area contributed by atoms with Gasteiger partial charge in [-0.05, 0) is 54.8 Å². The zero-order valence-electron chi connectivity index (χ0n) is 18.9. The summed E-state index contributed by atoms with van der Waals surface area (Å²) >= 11 is 0. The molecule has 0 radical (unpaired) electrons. The van der Waals surface area contributed by atoms with Crippen LogP contribution in [0.2, 0.25) is 0 Å². The number of carbonyl (C=O) groups is 3. The molecule has 0 aliphatic heterocycles. The summed E-state index contributed by atoms with van der Waals surface area (Å²) in [6.45, 7) is 5.59. The second kappa shape index (κ2) is 10.9. The number of hydrogen-bond donors (Lipinski definition) is 4. The Labute approximate surface area is 193 Å². The van der Waals surface area contributed by atoms with E-state index in [1.54, 1.807) is 48.5 Å². The van der Waals surface area contributed by atoms with Crippen molar-refractivity contribution in [1.29, 1.82) is 0 Å². The van der Waals surface area contributed by atoms with Gasteiger partial charge < -0.3 is 21.3 Å². The van der Waals surface area contributed by atoms with Crippen molar-refractivity contribution in [3.63, 3.8) is 0 Å². The van der Waals surface area contributed by atoms with E-state index >= 15 is 0 Å². The molecule has 0 aliphatic carbocycles. The molecule has 0 bridgehead atoms. The molecule has 4 amide bonds. The number of benzene rings is 3. The van der Waals surface area contributed by atoms with E-state index in [1.807, 2.05) is 51.1 Å². The Kier molecular flexibility index (Phi) is 7.81. The van der Waals surface area contributed by atoms with E-state index in [2.05, 4.69) is 21.3 Å². The first kappa shape index (κ1) is 23.5. The average molecular weight is 445 g/mol. The number of para-hydroxylation sites is 1. The van der Waals surface area contributed by atoms with Crippen molar-refractivity contribution in [3.05, 3.63) is 90.0 Å². The Morgan fingerprint density at radius 3 is 1.94 bits per heavy atom. The third-order valence-electron chi connectivity index (χ3n) is 5.05. The van der Waals surface area contributed by atoms with Crippen LogP contribution in [0.5, 0.6) is 0 Å². The fourth-order valence-corrected chi connectivity index (χ4v) is 3.29. The number of hydrogen-bond acceptors (Lipinski definition) is 3. The fourth-order valence-electron chi connectivity index (χ4n) is 3.29. The molecule has 0 aliphatic rings. The molecule has 33 heavy (non-hydrogen) atoms. The van der Waals surface area contributed by atoms with Crippen LogP contribution in [0.3, 0.4) is 0 Å². The van der Waals surface area contributed by atoms with Crippen molar-refractivity contribution in [3.8, 4) is 0 Å². The monoisotopic (exact) mass is 444 g/mol. The smallest absolute Gasteiger partial charge is 0.323 e. The average Bonchev–Trinajstić information content (AvgIpc) is 2.78. The van der Waals surface area contributed by atoms with Crippen molar-refractivity contribution in [2.75, 3.05) is 16.0 Å². The van der Waals surface area contributed by atoms with Crippen LogP contribution in [0.1, 0.15) is 29.8 Å². The molecule has 7 nitrogen and oxygen atoms in total. The molecule has 4 N–H and O–H groups in total. The van der Waals surface area contributed by atoms with E-state index in [1.165, 1.54) is 0 Å². The van der Waals surface area contributed by atoms with Gasteiger partial charge in [0.05, 0.1) is 0 Å². The molecule has 3 aromatic carbocycles. The van der Waals surface area contributed by atoms with Crippen LogP contribution in [0.15, 0.2) is 78.9 Å². The summed E-state index contributed by atoms with van der Waals surface area (Å²) in [6.07, 6.45) is 0. The molecule has 0 aromatic heterocycles. The van der Waals surface area contributed by atoms with Crippen LogP contribution < -0.4 is 21.3 Å². The quantitative estimate of drug-likeness (QED) is 0.411. The van der Waals surface area contributed by atoms with E-state index in [4.69, 9.17) is 0 Å². The number of nitrogens with one attached hydrogen (secondary N) is 4. The van der Waals surface area contributed by atoms with Gasteiger partial charge in [0, 0.05) is 22.6 Å². The van der Waals surface area contributed by atoms with E-state index in [0.29, 0.717) is 22.6 Å². The molecule has 1 unspecified atom stereocenters. The third-order valence-corrected chi connectivity index (χ3v) is 5.05. The number of amides is 4. The van der Waals surface area contributed by atoms with Crippen LogP contribution in [0.4, 0.5) is 21.9 Å². The van der Waals surface area contributed by atoms with Gasteiger partial charge in [-0.2, -0.15) is 0 Å². The maximum Gasteiger partial charge on any atom is 0.323 e. The van der Waals surface area contributed by atoms with Crippen molar-refractivity contribution >= 4 is 34.9 Å². The highest BCUT2D eigenvalue weighted by molar-refractivity contribution is 6.03. The van der Waals surface area contributed by atoms with E-state index < -0.39 is 12.1 Å². The Balaban J connectivity index is 1.64. The van der Waals surface area contributed by atoms with Gasteiger partial charge in [0.1, 0.15) is 6.04 Å². The lowest BCUT2D eigenvalue weighted by Crippen LogP contribution is -2.47. The molecule has 0 saturated carbocycles. The van der Waals surface area contributed by atoms with Crippen LogP contribution in [0.25, 0.3) is 0 Å². The van der Waals surface area contributed by atoms with Crippen molar-refractivity contribution in [2.45, 2.75) is 26.8 Å². The predicted molar refractivity (Wildman–Crippen MR) is 131 cm³/mol. The molecular weight excluding hydrogens is 416 g/mol. The first-order valence-corrected chi connectivity index (χ1v) is 10.7. The number of rotatable bonds is 7. The fraction of sp³-hybridized carbons (Fsp3) is 0.192. The summed E-state index contributed by atoms with van der Waals surface area (Å²) in [5.74, 6) is -0.760. The maximum atomic E-state index is 13.0. The van der Waals surface area contributed by atoms with Gasteiger partial charge in [0.2, 0.25) is 5.91 Å². The van der Waals surface area contributed by atoms with Crippen molar-refractivity contribution in [1.82, 2.24) is 5.32 Å². The van der Waals surface area contributed by atoms with Gasteiger partial charge in [0.25, 0.3) is 5.91 Å². The van der Waals surface area contributed by atoms with Gasteiger partial charge in [-0.3, -0.25) is 9.59 Å². The second-order valence-corrected chi connectivity index (χ2v) is 8.03. The van der Waals surface area contributed by atoms with Crippen LogP contribution in [0, 0.1) is 12.8 Å². The van der Waals surface area contributed by atoms with Crippen molar-refractivity contribution < 1.29 is 14.4 Å². The summed E-state index contributed by atoms with van der Waals surface area (Å²) in [7, 11) is 0. The highest BCUT2D eigenvalue weighted by Gasteiger charge is 2.25. The Bertz CT molecular complexity index is 1130. The van der Waals surface area contributed by atoms with Gasteiger partial charge >= 0.3 is 6.03 Å². The first-order chi connectivity index (χ1) is 15.8. The molecule has 0 saturated heterocycles. The normalized spacial score (nSPS) is 11.4. The molecular formula is C26H28N4O3. The van der Waals surface area contributed by atoms with Crippen LogP contribution >= 0.6 is 0 Å². The highest BCUT2D eigenvalue weighted by atomic mass is 16.2. The minimum absolute atomic E-state index is 0.129. The largest absolute Gasteiger partial charge is 0.340 e. The summed E-state index contributed by atoms with van der Waals surface area (Å²) in [4.78, 5) is 37.9. The lowest BCUT2D eigenvalue weighted by Gasteiger charge is -2.22. The highest BCUT2D eigenvalue weighted by Crippen LogP contribution is 2.17. The molecule has 3 aromatic rings. The minimum atomic E-state index is -0.727. The van der Waals surface area contributed by atoms with Crippen LogP contribution in [-0.4, -0.2) is 23.9 Å². The van der Waals surface area contributed by atoms with Gasteiger partial charge in [-0.1, -0.05) is 56.3 Å². The Morgan fingerprint density at radius 2 is 1.27 bits per heavy atom. The molecule has 170 valence electrons. The minimum Gasteiger partial charge on any atom is -0.340 e. The first-order valence-electron chi connectivity index (χ1n) is 10.7. The summed E-state index contributed by atoms with van der Waals surface area (Å²) in [6, 6.07) is 22.0. The standard InChI is InChI=1S/C26H28N4O3/c1-17(2)23(30-24(31)22-15-8-7-10-18(22)3)25(32)27-20-13-9-14-21(16-20)29-26(33)28-19-11-5-4-6-12-19/h4-17,23H,1-3H3,(H,27,32)(H,30,31)(H2,28,29,33). The molecule has 1 atom stereocenters. The maximum absolute atomic E-state index is 13.0. The predicted octanol–water partition coefficient (Wildman–Crippen LogP) is 5.03. The van der Waals surface area contributed by atoms with Gasteiger partial charge in [-0.25, -0.2) is 4.79 Å². The summed E-state index contributed by atoms with van der Waals surface area (Å²) < 4.78 is 0. The third kappa shape index (κ3) is 6.67. The van der Waals surface area contributed by atoms with Gasteiger partial charge in [0.15, 0.2) is 0 Å². The summed E-state index contributed by atoms with van der Waals surface area (Å²) in [5, 5.41) is 11.2. The lowest BCUT2D eigenvalue weighted by atomic mass is 10.0. The Hall–Kier alpha value is -4.13. The number of aryl methyl sites for hydroxylation is 1. The molecule has 3 rings (SSSR count). The Morgan fingerprint density at radius 1 is 0.697 bits per heavy atom. The molecule has 0 spiro atoms. The topological polar surface area (TPSA) is 99.3 Å². The van der Waals surface area contributed by atoms with Gasteiger partial charge in [-0.15, -0.1) is 0 Å². The molecule has 0 fully saturated rings. The SMILES string of the molecule is Cc1ccccc1C(=O)NC(C(=O)Nc1cccc(NC(=O)Nc2ccccc2)c1)C(C)C. The van der Waals surface area contributed by atoms with E-state index in [9.17, 15) is 14.4 Å². The second-order valence-electron chi connectivity index (χ2n) is 8.03. The number of carbonyl (C=O) groups excluding carboxylic acids is 3. The number of urea groups is 1. The summed E-state index contributed by atoms with van der Waals surface area (Å²) in [5.41, 5.74) is 3.07. The van der Waals surface area contributed by atoms with E-state index in [-0.39, 0.29) is 17.7 Å². The zero-order valence-corrected chi connectivity index (χ0v) is 18.9. The van der Waals surface area contributed by atoms with Crippen LogP contribution in [-0.2, 0) is 4.79 Å².